The Morgan fingerprint density at radius 1 is 1.37 bits per heavy atom. The Balaban J connectivity index is 2.26. The molecule has 0 radical (unpaired) electrons. The molecule has 1 unspecified atom stereocenters. The van der Waals surface area contributed by atoms with Crippen molar-refractivity contribution in [3.63, 3.8) is 0 Å². The molecule has 1 aromatic heterocycles. The van der Waals surface area contributed by atoms with Crippen LogP contribution in [-0.4, -0.2) is 28.6 Å². The SMILES string of the molecule is CCC(CCO)NC(=O)c1cccc2cccnc12. The topological polar surface area (TPSA) is 62.2 Å². The summed E-state index contributed by atoms with van der Waals surface area (Å²) in [7, 11) is 0. The minimum absolute atomic E-state index is 0.00327. The van der Waals surface area contributed by atoms with Crippen molar-refractivity contribution in [1.82, 2.24) is 10.3 Å². The molecule has 100 valence electrons. The molecule has 2 rings (SSSR count). The van der Waals surface area contributed by atoms with Crippen molar-refractivity contribution in [1.29, 1.82) is 0 Å². The molecule has 4 heteroatoms. The Morgan fingerprint density at radius 2 is 2.16 bits per heavy atom. The molecule has 0 fully saturated rings. The van der Waals surface area contributed by atoms with Gasteiger partial charge in [-0.15, -0.1) is 0 Å². The first-order valence-corrected chi connectivity index (χ1v) is 6.51. The van der Waals surface area contributed by atoms with Crippen LogP contribution in [0.5, 0.6) is 0 Å². The summed E-state index contributed by atoms with van der Waals surface area (Å²) in [6.45, 7) is 2.06. The van der Waals surface area contributed by atoms with Gasteiger partial charge in [0.2, 0.25) is 0 Å². The van der Waals surface area contributed by atoms with Crippen LogP contribution in [0, 0.1) is 0 Å². The summed E-state index contributed by atoms with van der Waals surface area (Å²) in [6.07, 6.45) is 3.05. The number of aliphatic hydroxyl groups excluding tert-OH is 1. The van der Waals surface area contributed by atoms with Gasteiger partial charge >= 0.3 is 0 Å². The van der Waals surface area contributed by atoms with Crippen molar-refractivity contribution in [3.05, 3.63) is 42.1 Å². The fraction of sp³-hybridized carbons (Fsp3) is 0.333. The maximum atomic E-state index is 12.3. The van der Waals surface area contributed by atoms with Crippen LogP contribution < -0.4 is 5.32 Å². The maximum Gasteiger partial charge on any atom is 0.253 e. The van der Waals surface area contributed by atoms with Crippen molar-refractivity contribution in [2.45, 2.75) is 25.8 Å². The summed E-state index contributed by atoms with van der Waals surface area (Å²) in [4.78, 5) is 16.5. The lowest BCUT2D eigenvalue weighted by Crippen LogP contribution is -2.35. The number of hydrogen-bond acceptors (Lipinski definition) is 3. The zero-order valence-electron chi connectivity index (χ0n) is 11.0. The average molecular weight is 258 g/mol. The molecule has 2 N–H and O–H groups in total. The minimum Gasteiger partial charge on any atom is -0.396 e. The second-order valence-electron chi connectivity index (χ2n) is 4.47. The summed E-state index contributed by atoms with van der Waals surface area (Å²) in [5.41, 5.74) is 1.29. The Morgan fingerprint density at radius 3 is 2.89 bits per heavy atom. The quantitative estimate of drug-likeness (QED) is 0.863. The number of carbonyl (C=O) groups is 1. The van der Waals surface area contributed by atoms with E-state index in [1.54, 1.807) is 12.3 Å². The summed E-state index contributed by atoms with van der Waals surface area (Å²) in [6, 6.07) is 9.35. The standard InChI is InChI=1S/C15H18N2O2/c1-2-12(8-10-18)17-15(19)13-7-3-5-11-6-4-9-16-14(11)13/h3-7,9,12,18H,2,8,10H2,1H3,(H,17,19). The zero-order chi connectivity index (χ0) is 13.7. The van der Waals surface area contributed by atoms with Crippen LogP contribution in [0.4, 0.5) is 0 Å². The molecule has 19 heavy (non-hydrogen) atoms. The molecule has 0 bridgehead atoms. The normalized spacial score (nSPS) is 12.3. The van der Waals surface area contributed by atoms with E-state index in [0.29, 0.717) is 17.5 Å². The number of hydrogen-bond donors (Lipinski definition) is 2. The number of carbonyl (C=O) groups excluding carboxylic acids is 1. The third-order valence-electron chi connectivity index (χ3n) is 3.18. The van der Waals surface area contributed by atoms with Gasteiger partial charge in [0.15, 0.2) is 0 Å². The molecule has 0 spiro atoms. The number of rotatable bonds is 5. The van der Waals surface area contributed by atoms with Gasteiger partial charge < -0.3 is 10.4 Å². The Kier molecular flexibility index (Phi) is 4.47. The molecular weight excluding hydrogens is 240 g/mol. The predicted molar refractivity (Wildman–Crippen MR) is 75.0 cm³/mol. The lowest BCUT2D eigenvalue weighted by Gasteiger charge is -2.16. The highest BCUT2D eigenvalue weighted by atomic mass is 16.3. The summed E-state index contributed by atoms with van der Waals surface area (Å²) < 4.78 is 0. The van der Waals surface area contributed by atoms with Crippen LogP contribution in [0.25, 0.3) is 10.9 Å². The fourth-order valence-corrected chi connectivity index (χ4v) is 2.08. The van der Waals surface area contributed by atoms with Gasteiger partial charge in [-0.2, -0.15) is 0 Å². The summed E-state index contributed by atoms with van der Waals surface area (Å²) in [5, 5.41) is 12.8. The smallest absolute Gasteiger partial charge is 0.253 e. The molecule has 0 aliphatic rings. The second-order valence-corrected chi connectivity index (χ2v) is 4.47. The third-order valence-corrected chi connectivity index (χ3v) is 3.18. The number of aliphatic hydroxyl groups is 1. The number of nitrogens with zero attached hydrogens (tertiary/aromatic N) is 1. The number of aromatic nitrogens is 1. The van der Waals surface area contributed by atoms with E-state index in [-0.39, 0.29) is 18.6 Å². The van der Waals surface area contributed by atoms with Crippen molar-refractivity contribution < 1.29 is 9.90 Å². The van der Waals surface area contributed by atoms with Gasteiger partial charge in [-0.1, -0.05) is 25.1 Å². The van der Waals surface area contributed by atoms with Crippen LogP contribution >= 0.6 is 0 Å². The van der Waals surface area contributed by atoms with E-state index < -0.39 is 0 Å². The summed E-state index contributed by atoms with van der Waals surface area (Å²) >= 11 is 0. The highest BCUT2D eigenvalue weighted by molar-refractivity contribution is 6.05. The molecule has 4 nitrogen and oxygen atoms in total. The Hall–Kier alpha value is -1.94. The largest absolute Gasteiger partial charge is 0.396 e. The molecule has 0 saturated heterocycles. The van der Waals surface area contributed by atoms with E-state index >= 15 is 0 Å². The molecule has 1 amide bonds. The maximum absolute atomic E-state index is 12.3. The highest BCUT2D eigenvalue weighted by Gasteiger charge is 2.14. The third kappa shape index (κ3) is 3.09. The summed E-state index contributed by atoms with van der Waals surface area (Å²) in [5.74, 6) is -0.135. The lowest BCUT2D eigenvalue weighted by atomic mass is 10.1. The minimum atomic E-state index is -0.135. The first-order chi connectivity index (χ1) is 9.26. The van der Waals surface area contributed by atoms with Gasteiger partial charge in [-0.3, -0.25) is 9.78 Å². The molecular formula is C15H18N2O2. The fourth-order valence-electron chi connectivity index (χ4n) is 2.08. The number of nitrogens with one attached hydrogen (secondary N) is 1. The Labute approximate surface area is 112 Å². The van der Waals surface area contributed by atoms with Crippen LogP contribution in [0.3, 0.4) is 0 Å². The predicted octanol–water partition coefficient (Wildman–Crippen LogP) is 2.13. The van der Waals surface area contributed by atoms with E-state index in [1.165, 1.54) is 0 Å². The van der Waals surface area contributed by atoms with Crippen LogP contribution in [0.15, 0.2) is 36.5 Å². The molecule has 0 aliphatic heterocycles. The zero-order valence-corrected chi connectivity index (χ0v) is 11.0. The molecule has 1 aromatic carbocycles. The first-order valence-electron chi connectivity index (χ1n) is 6.51. The van der Waals surface area contributed by atoms with Crippen LogP contribution in [0.1, 0.15) is 30.1 Å². The van der Waals surface area contributed by atoms with Crippen molar-refractivity contribution >= 4 is 16.8 Å². The van der Waals surface area contributed by atoms with E-state index in [4.69, 9.17) is 5.11 Å². The molecule has 0 aliphatic carbocycles. The number of fused-ring (bicyclic) bond motifs is 1. The first kappa shape index (κ1) is 13.5. The monoisotopic (exact) mass is 258 g/mol. The van der Waals surface area contributed by atoms with E-state index in [9.17, 15) is 4.79 Å². The highest BCUT2D eigenvalue weighted by Crippen LogP contribution is 2.16. The van der Waals surface area contributed by atoms with Gasteiger partial charge in [0.05, 0.1) is 11.1 Å². The number of benzene rings is 1. The van der Waals surface area contributed by atoms with Crippen molar-refractivity contribution in [3.8, 4) is 0 Å². The van der Waals surface area contributed by atoms with Gasteiger partial charge in [0.25, 0.3) is 5.91 Å². The second kappa shape index (κ2) is 6.29. The van der Waals surface area contributed by atoms with Crippen LogP contribution in [0.2, 0.25) is 0 Å². The van der Waals surface area contributed by atoms with Crippen molar-refractivity contribution in [2.75, 3.05) is 6.61 Å². The van der Waals surface area contributed by atoms with E-state index in [1.807, 2.05) is 31.2 Å². The Bertz CT molecular complexity index is 564. The number of para-hydroxylation sites is 1. The van der Waals surface area contributed by atoms with Gasteiger partial charge in [-0.05, 0) is 25.0 Å². The molecule has 1 heterocycles. The van der Waals surface area contributed by atoms with Crippen LogP contribution in [-0.2, 0) is 0 Å². The van der Waals surface area contributed by atoms with Crippen molar-refractivity contribution in [2.24, 2.45) is 0 Å². The number of amides is 1. The van der Waals surface area contributed by atoms with Gasteiger partial charge in [0.1, 0.15) is 0 Å². The number of pyridine rings is 1. The van der Waals surface area contributed by atoms with E-state index in [2.05, 4.69) is 10.3 Å². The molecule has 2 aromatic rings. The lowest BCUT2D eigenvalue weighted by molar-refractivity contribution is 0.0930. The van der Waals surface area contributed by atoms with Gasteiger partial charge in [0, 0.05) is 24.2 Å². The average Bonchev–Trinajstić information content (AvgIpc) is 2.46. The van der Waals surface area contributed by atoms with E-state index in [0.717, 1.165) is 11.8 Å². The molecule has 0 saturated carbocycles. The van der Waals surface area contributed by atoms with Gasteiger partial charge in [-0.25, -0.2) is 0 Å². The molecule has 1 atom stereocenters.